The summed E-state index contributed by atoms with van der Waals surface area (Å²) in [5, 5.41) is 0. The fraction of sp³-hybridized carbons (Fsp3) is 0.588. The fourth-order valence-electron chi connectivity index (χ4n) is 2.47. The van der Waals surface area contributed by atoms with Crippen molar-refractivity contribution < 1.29 is 13.9 Å². The molecule has 0 unspecified atom stereocenters. The zero-order valence-corrected chi connectivity index (χ0v) is 13.6. The molecule has 0 N–H and O–H groups in total. The van der Waals surface area contributed by atoms with Gasteiger partial charge in [-0.2, -0.15) is 0 Å². The largest absolute Gasteiger partial charge is 0.492 e. The van der Waals surface area contributed by atoms with Gasteiger partial charge >= 0.3 is 0 Å². The molecule has 1 aromatic carbocycles. The SMILES string of the molecule is CC(C)(C)C(=O)N1CCN(CCOc2ccc(F)cc2)CC1. The maximum Gasteiger partial charge on any atom is 0.228 e. The van der Waals surface area contributed by atoms with Crippen molar-refractivity contribution in [1.29, 1.82) is 0 Å². The molecule has 0 aliphatic carbocycles. The van der Waals surface area contributed by atoms with Crippen LogP contribution in [0.1, 0.15) is 20.8 Å². The highest BCUT2D eigenvalue weighted by Crippen LogP contribution is 2.18. The number of nitrogens with zero attached hydrogens (tertiary/aromatic N) is 2. The molecule has 1 fully saturated rings. The highest BCUT2D eigenvalue weighted by atomic mass is 19.1. The molecule has 0 radical (unpaired) electrons. The number of carbonyl (C=O) groups excluding carboxylic acids is 1. The lowest BCUT2D eigenvalue weighted by molar-refractivity contribution is -0.141. The van der Waals surface area contributed by atoms with Crippen molar-refractivity contribution >= 4 is 5.91 Å². The van der Waals surface area contributed by atoms with Crippen LogP contribution in [0.5, 0.6) is 5.75 Å². The van der Waals surface area contributed by atoms with E-state index in [1.165, 1.54) is 12.1 Å². The molecule has 1 amide bonds. The second-order valence-electron chi connectivity index (χ2n) is 6.69. The van der Waals surface area contributed by atoms with Gasteiger partial charge < -0.3 is 9.64 Å². The van der Waals surface area contributed by atoms with Crippen LogP contribution in [-0.2, 0) is 4.79 Å². The summed E-state index contributed by atoms with van der Waals surface area (Å²) in [6, 6.07) is 6.06. The summed E-state index contributed by atoms with van der Waals surface area (Å²) in [6.07, 6.45) is 0. The molecule has 5 heteroatoms. The normalized spacial score (nSPS) is 16.6. The molecule has 22 heavy (non-hydrogen) atoms. The number of rotatable bonds is 4. The predicted octanol–water partition coefficient (Wildman–Crippen LogP) is 2.39. The molecule has 0 bridgehead atoms. The Kier molecular flexibility index (Phi) is 5.40. The van der Waals surface area contributed by atoms with Crippen LogP contribution in [0.3, 0.4) is 0 Å². The Balaban J connectivity index is 1.69. The summed E-state index contributed by atoms with van der Waals surface area (Å²) in [7, 11) is 0. The minimum absolute atomic E-state index is 0.217. The average Bonchev–Trinajstić information content (AvgIpc) is 2.48. The standard InChI is InChI=1S/C17H25FN2O2/c1-17(2,3)16(21)20-10-8-19(9-11-20)12-13-22-15-6-4-14(18)5-7-15/h4-7H,8-13H2,1-3H3. The molecule has 0 atom stereocenters. The van der Waals surface area contributed by atoms with Crippen LogP contribution in [0.15, 0.2) is 24.3 Å². The lowest BCUT2D eigenvalue weighted by Gasteiger charge is -2.37. The molecule has 1 aliphatic rings. The van der Waals surface area contributed by atoms with E-state index in [0.717, 1.165) is 32.7 Å². The zero-order valence-electron chi connectivity index (χ0n) is 13.6. The first-order valence-electron chi connectivity index (χ1n) is 7.76. The topological polar surface area (TPSA) is 32.8 Å². The van der Waals surface area contributed by atoms with Crippen molar-refractivity contribution in [3.63, 3.8) is 0 Å². The van der Waals surface area contributed by atoms with Gasteiger partial charge in [-0.15, -0.1) is 0 Å². The first-order chi connectivity index (χ1) is 10.4. The number of amides is 1. The number of ether oxygens (including phenoxy) is 1. The molecule has 4 nitrogen and oxygen atoms in total. The van der Waals surface area contributed by atoms with Crippen LogP contribution in [0.4, 0.5) is 4.39 Å². The van der Waals surface area contributed by atoms with E-state index in [4.69, 9.17) is 4.74 Å². The minimum atomic E-state index is -0.312. The molecule has 0 aromatic heterocycles. The van der Waals surface area contributed by atoms with E-state index in [-0.39, 0.29) is 17.1 Å². The quantitative estimate of drug-likeness (QED) is 0.856. The Morgan fingerprint density at radius 1 is 1.14 bits per heavy atom. The van der Waals surface area contributed by atoms with E-state index >= 15 is 0 Å². The monoisotopic (exact) mass is 308 g/mol. The Bertz CT molecular complexity index is 488. The molecule has 0 saturated carbocycles. The molecular weight excluding hydrogens is 283 g/mol. The Labute approximate surface area is 131 Å². The molecule has 1 aliphatic heterocycles. The number of hydrogen-bond acceptors (Lipinski definition) is 3. The van der Waals surface area contributed by atoms with Gasteiger partial charge in [-0.3, -0.25) is 9.69 Å². The van der Waals surface area contributed by atoms with Gasteiger partial charge in [-0.05, 0) is 24.3 Å². The zero-order chi connectivity index (χ0) is 16.2. The molecule has 122 valence electrons. The van der Waals surface area contributed by atoms with Gasteiger partial charge in [0.25, 0.3) is 0 Å². The maximum atomic E-state index is 12.8. The highest BCUT2D eigenvalue weighted by molar-refractivity contribution is 5.81. The smallest absolute Gasteiger partial charge is 0.228 e. The van der Waals surface area contributed by atoms with Gasteiger partial charge in [0.2, 0.25) is 5.91 Å². The van der Waals surface area contributed by atoms with Crippen LogP contribution < -0.4 is 4.74 Å². The Morgan fingerprint density at radius 2 is 1.73 bits per heavy atom. The summed E-state index contributed by atoms with van der Waals surface area (Å²) < 4.78 is 18.4. The van der Waals surface area contributed by atoms with Crippen LogP contribution in [0, 0.1) is 11.2 Å². The van der Waals surface area contributed by atoms with Gasteiger partial charge in [0, 0.05) is 38.1 Å². The molecule has 0 spiro atoms. The third-order valence-corrected chi connectivity index (χ3v) is 3.79. The van der Waals surface area contributed by atoms with Gasteiger partial charge in [-0.1, -0.05) is 20.8 Å². The number of hydrogen-bond donors (Lipinski definition) is 0. The summed E-state index contributed by atoms with van der Waals surface area (Å²) in [5.74, 6) is 0.643. The van der Waals surface area contributed by atoms with Crippen LogP contribution >= 0.6 is 0 Å². The molecular formula is C17H25FN2O2. The second-order valence-corrected chi connectivity index (χ2v) is 6.69. The molecule has 1 heterocycles. The van der Waals surface area contributed by atoms with Crippen molar-refractivity contribution in [2.24, 2.45) is 5.41 Å². The summed E-state index contributed by atoms with van der Waals surface area (Å²) in [5.41, 5.74) is -0.312. The summed E-state index contributed by atoms with van der Waals surface area (Å²) >= 11 is 0. The number of piperazine rings is 1. The third kappa shape index (κ3) is 4.70. The van der Waals surface area contributed by atoms with Gasteiger partial charge in [0.05, 0.1) is 0 Å². The third-order valence-electron chi connectivity index (χ3n) is 3.79. The van der Waals surface area contributed by atoms with Crippen LogP contribution in [0.2, 0.25) is 0 Å². The van der Waals surface area contributed by atoms with Gasteiger partial charge in [0.1, 0.15) is 18.2 Å². The first-order valence-corrected chi connectivity index (χ1v) is 7.76. The van der Waals surface area contributed by atoms with E-state index in [2.05, 4.69) is 4.90 Å². The van der Waals surface area contributed by atoms with Crippen LogP contribution in [0.25, 0.3) is 0 Å². The van der Waals surface area contributed by atoms with E-state index in [9.17, 15) is 9.18 Å². The van der Waals surface area contributed by atoms with Crippen molar-refractivity contribution in [2.45, 2.75) is 20.8 Å². The second kappa shape index (κ2) is 7.09. The Morgan fingerprint density at radius 3 is 2.27 bits per heavy atom. The molecule has 1 saturated heterocycles. The fourth-order valence-corrected chi connectivity index (χ4v) is 2.47. The highest BCUT2D eigenvalue weighted by Gasteiger charge is 2.29. The Hall–Kier alpha value is -1.62. The average molecular weight is 308 g/mol. The van der Waals surface area contributed by atoms with E-state index in [1.807, 2.05) is 25.7 Å². The lowest BCUT2D eigenvalue weighted by Crippen LogP contribution is -2.52. The summed E-state index contributed by atoms with van der Waals surface area (Å²) in [6.45, 7) is 10.5. The maximum absolute atomic E-state index is 12.8. The van der Waals surface area contributed by atoms with E-state index in [0.29, 0.717) is 12.4 Å². The van der Waals surface area contributed by atoms with Gasteiger partial charge in [0.15, 0.2) is 0 Å². The predicted molar refractivity (Wildman–Crippen MR) is 84.4 cm³/mol. The van der Waals surface area contributed by atoms with Gasteiger partial charge in [-0.25, -0.2) is 4.39 Å². The summed E-state index contributed by atoms with van der Waals surface area (Å²) in [4.78, 5) is 16.4. The van der Waals surface area contributed by atoms with Crippen molar-refractivity contribution in [2.75, 3.05) is 39.3 Å². The number of carbonyl (C=O) groups is 1. The minimum Gasteiger partial charge on any atom is -0.492 e. The molecule has 1 aromatic rings. The van der Waals surface area contributed by atoms with Crippen molar-refractivity contribution in [1.82, 2.24) is 9.80 Å². The van der Waals surface area contributed by atoms with Crippen molar-refractivity contribution in [3.8, 4) is 5.75 Å². The van der Waals surface area contributed by atoms with Crippen LogP contribution in [-0.4, -0.2) is 55.0 Å². The molecule has 2 rings (SSSR count). The van der Waals surface area contributed by atoms with E-state index < -0.39 is 0 Å². The number of benzene rings is 1. The lowest BCUT2D eigenvalue weighted by atomic mass is 9.94. The number of halogens is 1. The first kappa shape index (κ1) is 16.7. The van der Waals surface area contributed by atoms with E-state index in [1.54, 1.807) is 12.1 Å². The van der Waals surface area contributed by atoms with Crippen molar-refractivity contribution in [3.05, 3.63) is 30.1 Å².